The van der Waals surface area contributed by atoms with Crippen LogP contribution >= 0.6 is 15.9 Å². The van der Waals surface area contributed by atoms with Crippen LogP contribution in [0.5, 0.6) is 5.75 Å². The molecule has 0 saturated heterocycles. The van der Waals surface area contributed by atoms with E-state index in [4.69, 9.17) is 10.5 Å². The van der Waals surface area contributed by atoms with E-state index in [9.17, 15) is 0 Å². The summed E-state index contributed by atoms with van der Waals surface area (Å²) in [6, 6.07) is 0.0683. The van der Waals surface area contributed by atoms with Gasteiger partial charge in [0.05, 0.1) is 11.1 Å². The van der Waals surface area contributed by atoms with Crippen molar-refractivity contribution >= 4 is 15.9 Å². The molecule has 0 radical (unpaired) electrons. The monoisotopic (exact) mass is 228 g/mol. The summed E-state index contributed by atoms with van der Waals surface area (Å²) < 4.78 is 6.34. The molecule has 1 aromatic rings. The Balaban J connectivity index is 2.52. The number of nitrogens with zero attached hydrogens (tertiary/aromatic N) is 1. The number of nitrogens with two attached hydrogens (primary N) is 1. The normalized spacial score (nSPS) is 21.3. The van der Waals surface area contributed by atoms with Gasteiger partial charge in [0.25, 0.3) is 0 Å². The zero-order valence-corrected chi connectivity index (χ0v) is 8.04. The fraction of sp³-hybridized carbons (Fsp3) is 0.375. The lowest BCUT2D eigenvalue weighted by molar-refractivity contribution is 0.266. The smallest absolute Gasteiger partial charge is 0.141 e. The van der Waals surface area contributed by atoms with Gasteiger partial charge in [0.2, 0.25) is 0 Å². The second-order valence-electron chi connectivity index (χ2n) is 2.78. The second kappa shape index (κ2) is 3.03. The van der Waals surface area contributed by atoms with Crippen LogP contribution in [0.15, 0.2) is 16.9 Å². The molecular formula is C8H9BrN2O. The molecule has 0 fully saturated rings. The fourth-order valence-corrected chi connectivity index (χ4v) is 1.76. The quantitative estimate of drug-likeness (QED) is 0.735. The molecular weight excluding hydrogens is 220 g/mol. The zero-order chi connectivity index (χ0) is 8.55. The lowest BCUT2D eigenvalue weighted by Crippen LogP contribution is -2.20. The first-order valence-corrected chi connectivity index (χ1v) is 4.60. The van der Waals surface area contributed by atoms with Crippen molar-refractivity contribution < 1.29 is 4.74 Å². The Hall–Kier alpha value is -0.610. The summed E-state index contributed by atoms with van der Waals surface area (Å²) in [7, 11) is 0. The van der Waals surface area contributed by atoms with Crippen LogP contribution in [0.4, 0.5) is 0 Å². The minimum absolute atomic E-state index is 0.0683. The van der Waals surface area contributed by atoms with E-state index in [-0.39, 0.29) is 6.04 Å². The van der Waals surface area contributed by atoms with Crippen LogP contribution in [-0.4, -0.2) is 11.6 Å². The van der Waals surface area contributed by atoms with E-state index in [1.807, 2.05) is 0 Å². The molecule has 1 aromatic heterocycles. The van der Waals surface area contributed by atoms with E-state index in [1.54, 1.807) is 12.4 Å². The number of ether oxygens (including phenoxy) is 1. The molecule has 1 aliphatic heterocycles. The maximum Gasteiger partial charge on any atom is 0.141 e. The average Bonchev–Trinajstić information content (AvgIpc) is 2.07. The van der Waals surface area contributed by atoms with E-state index >= 15 is 0 Å². The summed E-state index contributed by atoms with van der Waals surface area (Å²) in [5.41, 5.74) is 6.87. The number of hydrogen-bond acceptors (Lipinski definition) is 3. The van der Waals surface area contributed by atoms with Gasteiger partial charge in [-0.05, 0) is 15.9 Å². The topological polar surface area (TPSA) is 48.1 Å². The molecule has 0 saturated carbocycles. The summed E-state index contributed by atoms with van der Waals surface area (Å²) >= 11 is 3.37. The maximum absolute atomic E-state index is 5.87. The van der Waals surface area contributed by atoms with Crippen molar-refractivity contribution in [3.8, 4) is 5.75 Å². The van der Waals surface area contributed by atoms with Crippen molar-refractivity contribution in [1.29, 1.82) is 0 Å². The highest BCUT2D eigenvalue weighted by molar-refractivity contribution is 9.10. The summed E-state index contributed by atoms with van der Waals surface area (Å²) in [6.07, 6.45) is 4.35. The van der Waals surface area contributed by atoms with Crippen molar-refractivity contribution in [3.63, 3.8) is 0 Å². The molecule has 3 nitrogen and oxygen atoms in total. The van der Waals surface area contributed by atoms with Crippen LogP contribution < -0.4 is 10.5 Å². The van der Waals surface area contributed by atoms with Gasteiger partial charge in [-0.2, -0.15) is 0 Å². The summed E-state index contributed by atoms with van der Waals surface area (Å²) in [5, 5.41) is 0. The number of aromatic nitrogens is 1. The first-order chi connectivity index (χ1) is 5.79. The Morgan fingerprint density at radius 2 is 2.42 bits per heavy atom. The van der Waals surface area contributed by atoms with Gasteiger partial charge in [0.1, 0.15) is 5.75 Å². The van der Waals surface area contributed by atoms with Gasteiger partial charge < -0.3 is 10.5 Å². The van der Waals surface area contributed by atoms with Crippen LogP contribution in [0.3, 0.4) is 0 Å². The molecule has 2 heterocycles. The molecule has 0 bridgehead atoms. The SMILES string of the molecule is N[C@@H]1CCOc2c(Br)cncc21. The molecule has 2 N–H and O–H groups in total. The molecule has 0 aromatic carbocycles. The molecule has 0 unspecified atom stereocenters. The van der Waals surface area contributed by atoms with Crippen molar-refractivity contribution in [2.45, 2.75) is 12.5 Å². The highest BCUT2D eigenvalue weighted by Gasteiger charge is 2.19. The van der Waals surface area contributed by atoms with Gasteiger partial charge in [-0.25, -0.2) is 0 Å². The Bertz CT molecular complexity index is 303. The van der Waals surface area contributed by atoms with E-state index in [1.165, 1.54) is 0 Å². The van der Waals surface area contributed by atoms with Crippen molar-refractivity contribution in [2.24, 2.45) is 5.73 Å². The number of fused-ring (bicyclic) bond motifs is 1. The number of pyridine rings is 1. The zero-order valence-electron chi connectivity index (χ0n) is 6.46. The minimum Gasteiger partial charge on any atom is -0.492 e. The van der Waals surface area contributed by atoms with Crippen molar-refractivity contribution in [2.75, 3.05) is 6.61 Å². The van der Waals surface area contributed by atoms with Crippen LogP contribution in [0.2, 0.25) is 0 Å². The van der Waals surface area contributed by atoms with Gasteiger partial charge >= 0.3 is 0 Å². The molecule has 4 heteroatoms. The first-order valence-electron chi connectivity index (χ1n) is 3.81. The molecule has 64 valence electrons. The average molecular weight is 229 g/mol. The van der Waals surface area contributed by atoms with E-state index in [2.05, 4.69) is 20.9 Å². The molecule has 1 aliphatic rings. The molecule has 12 heavy (non-hydrogen) atoms. The van der Waals surface area contributed by atoms with Gasteiger partial charge in [-0.15, -0.1) is 0 Å². The summed E-state index contributed by atoms with van der Waals surface area (Å²) in [5.74, 6) is 0.851. The van der Waals surface area contributed by atoms with Gasteiger partial charge in [0.15, 0.2) is 0 Å². The maximum atomic E-state index is 5.87. The van der Waals surface area contributed by atoms with Crippen LogP contribution in [0.1, 0.15) is 18.0 Å². The highest BCUT2D eigenvalue weighted by Crippen LogP contribution is 2.35. The third-order valence-corrected chi connectivity index (χ3v) is 2.52. The van der Waals surface area contributed by atoms with Crippen molar-refractivity contribution in [3.05, 3.63) is 22.4 Å². The lowest BCUT2D eigenvalue weighted by atomic mass is 10.0. The molecule has 1 atom stereocenters. The van der Waals surface area contributed by atoms with E-state index in [0.717, 1.165) is 22.2 Å². The molecule has 0 spiro atoms. The number of halogens is 1. The fourth-order valence-electron chi connectivity index (χ4n) is 1.30. The predicted molar refractivity (Wildman–Crippen MR) is 49.0 cm³/mol. The second-order valence-corrected chi connectivity index (χ2v) is 3.64. The molecule has 2 rings (SSSR count). The first kappa shape index (κ1) is 8.01. The Morgan fingerprint density at radius 1 is 1.58 bits per heavy atom. The van der Waals surface area contributed by atoms with Crippen LogP contribution in [0, 0.1) is 0 Å². The molecule has 0 amide bonds. The minimum atomic E-state index is 0.0683. The Labute approximate surface area is 79.1 Å². The number of hydrogen-bond donors (Lipinski definition) is 1. The summed E-state index contributed by atoms with van der Waals surface area (Å²) in [6.45, 7) is 0.691. The van der Waals surface area contributed by atoms with Crippen LogP contribution in [0.25, 0.3) is 0 Å². The van der Waals surface area contributed by atoms with Gasteiger partial charge in [-0.1, -0.05) is 0 Å². The largest absolute Gasteiger partial charge is 0.492 e. The predicted octanol–water partition coefficient (Wildman–Crippen LogP) is 1.63. The van der Waals surface area contributed by atoms with Crippen LogP contribution in [-0.2, 0) is 0 Å². The Morgan fingerprint density at radius 3 is 3.17 bits per heavy atom. The third kappa shape index (κ3) is 1.21. The van der Waals surface area contributed by atoms with Gasteiger partial charge in [0, 0.05) is 30.4 Å². The lowest BCUT2D eigenvalue weighted by Gasteiger charge is -2.22. The van der Waals surface area contributed by atoms with E-state index < -0.39 is 0 Å². The Kier molecular flexibility index (Phi) is 2.02. The third-order valence-electron chi connectivity index (χ3n) is 1.96. The standard InChI is InChI=1S/C8H9BrN2O/c9-6-4-11-3-5-7(10)1-2-12-8(5)6/h3-4,7H,1-2,10H2/t7-/m1/s1. The van der Waals surface area contributed by atoms with Crippen molar-refractivity contribution in [1.82, 2.24) is 4.98 Å². The van der Waals surface area contributed by atoms with Gasteiger partial charge in [-0.3, -0.25) is 4.98 Å². The van der Waals surface area contributed by atoms with E-state index in [0.29, 0.717) is 6.61 Å². The molecule has 0 aliphatic carbocycles. The highest BCUT2D eigenvalue weighted by atomic mass is 79.9. The summed E-state index contributed by atoms with van der Waals surface area (Å²) in [4.78, 5) is 4.04. The number of rotatable bonds is 0.